The third-order valence-electron chi connectivity index (χ3n) is 5.71. The minimum Gasteiger partial charge on any atom is -0.340 e. The van der Waals surface area contributed by atoms with Crippen LogP contribution >= 0.6 is 0 Å². The highest BCUT2D eigenvalue weighted by molar-refractivity contribution is 5.99. The molecule has 1 heterocycles. The van der Waals surface area contributed by atoms with Crippen LogP contribution in [-0.2, 0) is 9.59 Å². The van der Waals surface area contributed by atoms with Gasteiger partial charge in [-0.15, -0.1) is 0 Å². The lowest BCUT2D eigenvalue weighted by Crippen LogP contribution is -2.71. The average molecular weight is 294 g/mol. The largest absolute Gasteiger partial charge is 0.340 e. The Morgan fingerprint density at radius 1 is 1.14 bits per heavy atom. The molecule has 1 saturated carbocycles. The van der Waals surface area contributed by atoms with E-state index in [1.54, 1.807) is 0 Å². The number of amides is 2. The lowest BCUT2D eigenvalue weighted by atomic mass is 9.74. The van der Waals surface area contributed by atoms with Gasteiger partial charge in [0.25, 0.3) is 0 Å². The summed E-state index contributed by atoms with van der Waals surface area (Å²) in [5.41, 5.74) is -0.315. The number of nitrogens with zero attached hydrogens (tertiary/aromatic N) is 1. The Morgan fingerprint density at radius 3 is 2.14 bits per heavy atom. The summed E-state index contributed by atoms with van der Waals surface area (Å²) < 4.78 is 0. The molecule has 0 aromatic rings. The van der Waals surface area contributed by atoms with Crippen molar-refractivity contribution in [2.45, 2.75) is 90.8 Å². The molecule has 21 heavy (non-hydrogen) atoms. The van der Waals surface area contributed by atoms with Gasteiger partial charge in [0, 0.05) is 6.04 Å². The maximum absolute atomic E-state index is 13.0. The molecular weight excluding hydrogens is 264 g/mol. The van der Waals surface area contributed by atoms with E-state index >= 15 is 0 Å². The minimum absolute atomic E-state index is 0.00290. The van der Waals surface area contributed by atoms with Gasteiger partial charge in [0.2, 0.25) is 11.8 Å². The van der Waals surface area contributed by atoms with E-state index in [9.17, 15) is 9.59 Å². The lowest BCUT2D eigenvalue weighted by Gasteiger charge is -2.49. The van der Waals surface area contributed by atoms with Gasteiger partial charge in [-0.1, -0.05) is 27.7 Å². The molecule has 1 unspecified atom stereocenters. The molecule has 4 heteroatoms. The maximum atomic E-state index is 13.0. The number of piperazine rings is 1. The monoisotopic (exact) mass is 294 g/mol. The summed E-state index contributed by atoms with van der Waals surface area (Å²) >= 11 is 0. The van der Waals surface area contributed by atoms with Crippen molar-refractivity contribution in [2.75, 3.05) is 0 Å². The second kappa shape index (κ2) is 5.62. The SMILES string of the molecule is CCC1(CC)NC(=O)C(C)N(C2CCC(C)(C)CC2)C1=O. The first kappa shape index (κ1) is 16.3. The number of hydrogen-bond donors (Lipinski definition) is 1. The zero-order valence-electron chi connectivity index (χ0n) is 14.2. The predicted molar refractivity (Wildman–Crippen MR) is 83.8 cm³/mol. The van der Waals surface area contributed by atoms with Gasteiger partial charge < -0.3 is 10.2 Å². The summed E-state index contributed by atoms with van der Waals surface area (Å²) in [7, 11) is 0. The Bertz CT molecular complexity index is 417. The summed E-state index contributed by atoms with van der Waals surface area (Å²) in [6.45, 7) is 10.4. The van der Waals surface area contributed by atoms with Crippen molar-refractivity contribution in [1.82, 2.24) is 10.2 Å². The quantitative estimate of drug-likeness (QED) is 0.870. The van der Waals surface area contributed by atoms with Gasteiger partial charge in [0.1, 0.15) is 11.6 Å². The van der Waals surface area contributed by atoms with E-state index in [2.05, 4.69) is 19.2 Å². The van der Waals surface area contributed by atoms with Crippen molar-refractivity contribution >= 4 is 11.8 Å². The maximum Gasteiger partial charge on any atom is 0.249 e. The van der Waals surface area contributed by atoms with E-state index in [1.165, 1.54) is 0 Å². The summed E-state index contributed by atoms with van der Waals surface area (Å²) in [6, 6.07) is -0.112. The van der Waals surface area contributed by atoms with Crippen LogP contribution in [0.3, 0.4) is 0 Å². The third-order valence-corrected chi connectivity index (χ3v) is 5.71. The number of nitrogens with one attached hydrogen (secondary N) is 1. The molecule has 1 aliphatic carbocycles. The summed E-state index contributed by atoms with van der Waals surface area (Å²) in [4.78, 5) is 27.3. The number of hydrogen-bond acceptors (Lipinski definition) is 2. The molecule has 2 rings (SSSR count). The van der Waals surface area contributed by atoms with Crippen molar-refractivity contribution in [3.8, 4) is 0 Å². The molecule has 1 N–H and O–H groups in total. The molecule has 0 spiro atoms. The standard InChI is InChI=1S/C17H30N2O2/c1-6-17(7-2)15(21)19(12(3)14(20)18-17)13-8-10-16(4,5)11-9-13/h12-13H,6-11H2,1-5H3,(H,18,20). The van der Waals surface area contributed by atoms with Crippen LogP contribution < -0.4 is 5.32 Å². The molecule has 0 radical (unpaired) electrons. The zero-order valence-corrected chi connectivity index (χ0v) is 14.2. The number of carbonyl (C=O) groups excluding carboxylic acids is 2. The number of rotatable bonds is 3. The van der Waals surface area contributed by atoms with Crippen LogP contribution in [0.1, 0.15) is 73.1 Å². The van der Waals surface area contributed by atoms with Crippen LogP contribution in [0.2, 0.25) is 0 Å². The van der Waals surface area contributed by atoms with E-state index in [4.69, 9.17) is 0 Å². The molecule has 1 aliphatic heterocycles. The van der Waals surface area contributed by atoms with E-state index in [1.807, 2.05) is 25.7 Å². The van der Waals surface area contributed by atoms with Crippen LogP contribution in [-0.4, -0.2) is 34.3 Å². The van der Waals surface area contributed by atoms with Crippen LogP contribution in [0.4, 0.5) is 0 Å². The van der Waals surface area contributed by atoms with Gasteiger partial charge in [-0.05, 0) is 50.9 Å². The van der Waals surface area contributed by atoms with Crippen molar-refractivity contribution in [1.29, 1.82) is 0 Å². The highest BCUT2D eigenvalue weighted by atomic mass is 16.2. The second-order valence-corrected chi connectivity index (χ2v) is 7.56. The molecule has 4 nitrogen and oxygen atoms in total. The van der Waals surface area contributed by atoms with E-state index < -0.39 is 5.54 Å². The molecule has 0 aromatic carbocycles. The fourth-order valence-electron chi connectivity index (χ4n) is 3.82. The topological polar surface area (TPSA) is 49.4 Å². The van der Waals surface area contributed by atoms with Crippen molar-refractivity contribution in [3.63, 3.8) is 0 Å². The van der Waals surface area contributed by atoms with Gasteiger partial charge in [-0.2, -0.15) is 0 Å². The normalized spacial score (nSPS) is 29.4. The van der Waals surface area contributed by atoms with Crippen molar-refractivity contribution < 1.29 is 9.59 Å². The van der Waals surface area contributed by atoms with E-state index in [-0.39, 0.29) is 23.9 Å². The summed E-state index contributed by atoms with van der Waals surface area (Å²) in [5, 5.41) is 2.98. The fraction of sp³-hybridized carbons (Fsp3) is 0.882. The first-order chi connectivity index (χ1) is 9.76. The van der Waals surface area contributed by atoms with E-state index in [0.29, 0.717) is 18.3 Å². The molecule has 2 fully saturated rings. The third kappa shape index (κ3) is 2.82. The van der Waals surface area contributed by atoms with Crippen molar-refractivity contribution in [3.05, 3.63) is 0 Å². The lowest BCUT2D eigenvalue weighted by molar-refractivity contribution is -0.159. The van der Waals surface area contributed by atoms with E-state index in [0.717, 1.165) is 25.7 Å². The minimum atomic E-state index is -0.684. The second-order valence-electron chi connectivity index (χ2n) is 7.56. The first-order valence-electron chi connectivity index (χ1n) is 8.41. The fourth-order valence-corrected chi connectivity index (χ4v) is 3.82. The highest BCUT2D eigenvalue weighted by Crippen LogP contribution is 2.39. The highest BCUT2D eigenvalue weighted by Gasteiger charge is 2.50. The Balaban J connectivity index is 2.24. The van der Waals surface area contributed by atoms with Gasteiger partial charge in [-0.3, -0.25) is 9.59 Å². The molecule has 2 aliphatic rings. The molecule has 120 valence electrons. The smallest absolute Gasteiger partial charge is 0.249 e. The zero-order chi connectivity index (χ0) is 15.8. The van der Waals surface area contributed by atoms with Crippen LogP contribution in [0.25, 0.3) is 0 Å². The van der Waals surface area contributed by atoms with Crippen LogP contribution in [0.5, 0.6) is 0 Å². The van der Waals surface area contributed by atoms with Gasteiger partial charge >= 0.3 is 0 Å². The number of carbonyl (C=O) groups is 2. The molecule has 1 saturated heterocycles. The Morgan fingerprint density at radius 2 is 1.67 bits per heavy atom. The van der Waals surface area contributed by atoms with Gasteiger partial charge in [0.15, 0.2) is 0 Å². The van der Waals surface area contributed by atoms with Crippen LogP contribution in [0, 0.1) is 5.41 Å². The average Bonchev–Trinajstić information content (AvgIpc) is 2.45. The summed E-state index contributed by atoms with van der Waals surface area (Å²) in [5.74, 6) is 0.132. The molecular formula is C17H30N2O2. The van der Waals surface area contributed by atoms with Crippen LogP contribution in [0.15, 0.2) is 0 Å². The Labute approximate surface area is 128 Å². The van der Waals surface area contributed by atoms with Gasteiger partial charge in [-0.25, -0.2) is 0 Å². The first-order valence-corrected chi connectivity index (χ1v) is 8.41. The molecule has 0 aromatic heterocycles. The molecule has 0 bridgehead atoms. The Hall–Kier alpha value is -1.06. The van der Waals surface area contributed by atoms with Crippen molar-refractivity contribution in [2.24, 2.45) is 5.41 Å². The summed E-state index contributed by atoms with van der Waals surface area (Å²) in [6.07, 6.45) is 5.60. The molecule has 1 atom stereocenters. The molecule has 2 amide bonds. The Kier molecular flexibility index (Phi) is 4.36. The predicted octanol–water partition coefficient (Wildman–Crippen LogP) is 2.86. The van der Waals surface area contributed by atoms with Gasteiger partial charge in [0.05, 0.1) is 0 Å².